The van der Waals surface area contributed by atoms with Gasteiger partial charge in [0.25, 0.3) is 5.56 Å². The molecule has 0 aliphatic heterocycles. The molecule has 0 amide bonds. The predicted octanol–water partition coefficient (Wildman–Crippen LogP) is 9.84. The minimum Gasteiger partial charge on any atom is -0.434 e. The van der Waals surface area contributed by atoms with E-state index in [1.54, 1.807) is 36.4 Å². The Bertz CT molecular complexity index is 1980. The van der Waals surface area contributed by atoms with Gasteiger partial charge in [-0.2, -0.15) is 0 Å². The van der Waals surface area contributed by atoms with Gasteiger partial charge >= 0.3 is 0 Å². The number of ether oxygens (including phenoxy) is 2. The van der Waals surface area contributed by atoms with E-state index in [4.69, 9.17) is 78.9 Å². The second-order valence-corrected chi connectivity index (χ2v) is 10.6. The highest BCUT2D eigenvalue weighted by molar-refractivity contribution is 6.38. The third kappa shape index (κ3) is 7.38. The van der Waals surface area contributed by atoms with Crippen LogP contribution in [0.4, 0.5) is 11.4 Å². The van der Waals surface area contributed by atoms with Crippen molar-refractivity contribution in [3.05, 3.63) is 108 Å². The maximum Gasteiger partial charge on any atom is 0.272 e. The van der Waals surface area contributed by atoms with E-state index in [0.29, 0.717) is 42.7 Å². The van der Waals surface area contributed by atoms with Gasteiger partial charge in [0.15, 0.2) is 16.7 Å². The SMILES string of the molecule is C.C.Nc1cc(Cl)c(Oc2n[nH]c(=O)c3ccccc23)c(Cl)c1.Nc1cc(Cl)c(Oc2nnc(Cl)c3ccccc23)c(Cl)c1. The van der Waals surface area contributed by atoms with Crippen LogP contribution >= 0.6 is 58.0 Å². The van der Waals surface area contributed by atoms with Gasteiger partial charge in [-0.15, -0.1) is 15.3 Å². The van der Waals surface area contributed by atoms with Crippen LogP contribution in [0.5, 0.6) is 23.3 Å². The molecule has 0 radical (unpaired) electrons. The zero-order valence-electron chi connectivity index (χ0n) is 21.0. The van der Waals surface area contributed by atoms with Crippen LogP contribution in [-0.2, 0) is 0 Å². The summed E-state index contributed by atoms with van der Waals surface area (Å²) in [5, 5.41) is 18.0. The van der Waals surface area contributed by atoms with E-state index < -0.39 is 0 Å². The molecule has 0 bridgehead atoms. The van der Waals surface area contributed by atoms with Crippen molar-refractivity contribution < 1.29 is 9.47 Å². The minimum absolute atomic E-state index is 0. The molecule has 9 nitrogen and oxygen atoms in total. The van der Waals surface area contributed by atoms with Crippen LogP contribution in [0.3, 0.4) is 0 Å². The number of nitrogens with one attached hydrogen (secondary N) is 1. The van der Waals surface area contributed by atoms with Crippen molar-refractivity contribution >= 4 is 90.9 Å². The molecule has 4 aromatic carbocycles. The summed E-state index contributed by atoms with van der Waals surface area (Å²) in [5.74, 6) is 0.980. The highest BCUT2D eigenvalue weighted by Gasteiger charge is 2.16. The molecule has 0 aliphatic carbocycles. The van der Waals surface area contributed by atoms with Crippen molar-refractivity contribution in [1.29, 1.82) is 0 Å². The number of halogens is 5. The lowest BCUT2D eigenvalue weighted by atomic mass is 10.2. The summed E-state index contributed by atoms with van der Waals surface area (Å²) in [7, 11) is 0. The molecule has 0 fully saturated rings. The molecule has 5 N–H and O–H groups in total. The largest absolute Gasteiger partial charge is 0.434 e. The van der Waals surface area contributed by atoms with Crippen LogP contribution < -0.4 is 26.5 Å². The van der Waals surface area contributed by atoms with Gasteiger partial charge < -0.3 is 20.9 Å². The molecule has 228 valence electrons. The smallest absolute Gasteiger partial charge is 0.272 e. The molecule has 44 heavy (non-hydrogen) atoms. The second kappa shape index (κ2) is 14.7. The molecule has 2 aromatic heterocycles. The molecule has 0 saturated heterocycles. The fourth-order valence-corrected chi connectivity index (χ4v) is 5.20. The number of benzene rings is 4. The van der Waals surface area contributed by atoms with Crippen LogP contribution in [0.2, 0.25) is 25.2 Å². The number of hydrogen-bond donors (Lipinski definition) is 3. The lowest BCUT2D eigenvalue weighted by Gasteiger charge is -2.11. The van der Waals surface area contributed by atoms with Crippen molar-refractivity contribution in [3.63, 3.8) is 0 Å². The second-order valence-electron chi connectivity index (χ2n) is 8.58. The predicted molar refractivity (Wildman–Crippen MR) is 182 cm³/mol. The molecule has 6 rings (SSSR count). The highest BCUT2D eigenvalue weighted by Crippen LogP contribution is 2.40. The average molecular weight is 695 g/mol. The van der Waals surface area contributed by atoms with Crippen LogP contribution in [0, 0.1) is 0 Å². The van der Waals surface area contributed by atoms with Crippen molar-refractivity contribution in [3.8, 4) is 23.3 Å². The van der Waals surface area contributed by atoms with Gasteiger partial charge in [0.2, 0.25) is 11.8 Å². The van der Waals surface area contributed by atoms with Crippen molar-refractivity contribution in [1.82, 2.24) is 20.4 Å². The summed E-state index contributed by atoms with van der Waals surface area (Å²) in [6.45, 7) is 0. The normalized spacial score (nSPS) is 10.3. The van der Waals surface area contributed by atoms with E-state index in [1.807, 2.05) is 24.3 Å². The zero-order chi connectivity index (χ0) is 30.0. The minimum atomic E-state index is -0.299. The number of nitrogens with zero attached hydrogens (tertiary/aromatic N) is 3. The van der Waals surface area contributed by atoms with E-state index in [0.717, 1.165) is 5.39 Å². The summed E-state index contributed by atoms with van der Waals surface area (Å²) >= 11 is 30.4. The molecule has 0 aliphatic rings. The van der Waals surface area contributed by atoms with Crippen LogP contribution in [0.25, 0.3) is 21.5 Å². The Kier molecular flexibility index (Phi) is 11.5. The number of aromatic amines is 1. The summed E-state index contributed by atoms with van der Waals surface area (Å²) in [5.41, 5.74) is 11.9. The molecular weight excluding hydrogens is 670 g/mol. The Morgan fingerprint density at radius 1 is 0.591 bits per heavy atom. The maximum atomic E-state index is 11.7. The number of fused-ring (bicyclic) bond motifs is 2. The van der Waals surface area contributed by atoms with Crippen LogP contribution in [-0.4, -0.2) is 20.4 Å². The van der Waals surface area contributed by atoms with Crippen LogP contribution in [0.1, 0.15) is 14.9 Å². The topological polar surface area (TPSA) is 142 Å². The van der Waals surface area contributed by atoms with Gasteiger partial charge in [-0.3, -0.25) is 4.79 Å². The first-order valence-corrected chi connectivity index (χ1v) is 13.7. The number of nitrogens with two attached hydrogens (primary N) is 2. The van der Waals surface area contributed by atoms with Gasteiger partial charge in [0.05, 0.1) is 30.9 Å². The Morgan fingerprint density at radius 2 is 1.00 bits per heavy atom. The molecule has 14 heteroatoms. The van der Waals surface area contributed by atoms with Crippen molar-refractivity contribution in [2.75, 3.05) is 11.5 Å². The fourth-order valence-electron chi connectivity index (χ4n) is 3.84. The van der Waals surface area contributed by atoms with Gasteiger partial charge in [-0.05, 0) is 42.5 Å². The Balaban J connectivity index is 0.000000230. The number of anilines is 2. The number of hydrogen-bond acceptors (Lipinski definition) is 8. The van der Waals surface area contributed by atoms with E-state index in [-0.39, 0.29) is 53.7 Å². The standard InChI is InChI=1S/C14H8Cl3N3O.C14H9Cl2N3O2.2CH4/c15-10-5-7(18)6-11(16)12(10)21-14-9-4-2-1-3-8(9)13(17)19-20-14;15-10-5-7(17)6-11(16)12(10)21-14-9-4-2-1-3-8(9)13(20)18-19-14;;/h1-6H,18H2;1-6H,17H2,(H,18,20);2*1H4. The summed E-state index contributed by atoms with van der Waals surface area (Å²) in [6.07, 6.45) is 0. The number of rotatable bonds is 4. The van der Waals surface area contributed by atoms with Gasteiger partial charge in [-0.1, -0.05) is 103 Å². The molecule has 0 unspecified atom stereocenters. The van der Waals surface area contributed by atoms with E-state index in [9.17, 15) is 4.79 Å². The zero-order valence-corrected chi connectivity index (χ0v) is 24.8. The molecule has 2 heterocycles. The maximum absolute atomic E-state index is 11.7. The third-order valence-corrected chi connectivity index (χ3v) is 7.11. The highest BCUT2D eigenvalue weighted by atomic mass is 35.5. The number of H-pyrrole nitrogens is 1. The summed E-state index contributed by atoms with van der Waals surface area (Å²) in [4.78, 5) is 11.7. The van der Waals surface area contributed by atoms with Crippen molar-refractivity contribution in [2.45, 2.75) is 14.9 Å². The fraction of sp³-hybridized carbons (Fsp3) is 0.0667. The first kappa shape index (κ1) is 34.5. The molecular formula is C30H25Cl5N6O3. The lowest BCUT2D eigenvalue weighted by Crippen LogP contribution is -2.09. The first-order chi connectivity index (χ1) is 20.1. The van der Waals surface area contributed by atoms with Gasteiger partial charge in [0, 0.05) is 22.1 Å². The number of nitrogen functional groups attached to an aromatic ring is 2. The van der Waals surface area contributed by atoms with Crippen molar-refractivity contribution in [2.24, 2.45) is 0 Å². The first-order valence-electron chi connectivity index (χ1n) is 11.9. The monoisotopic (exact) mass is 692 g/mol. The Morgan fingerprint density at radius 3 is 1.50 bits per heavy atom. The van der Waals surface area contributed by atoms with E-state index >= 15 is 0 Å². The third-order valence-electron chi connectivity index (χ3n) is 5.71. The van der Waals surface area contributed by atoms with E-state index in [1.165, 1.54) is 12.1 Å². The summed E-state index contributed by atoms with van der Waals surface area (Å²) < 4.78 is 11.4. The van der Waals surface area contributed by atoms with E-state index in [2.05, 4.69) is 20.4 Å². The molecule has 6 aromatic rings. The lowest BCUT2D eigenvalue weighted by molar-refractivity contribution is 0.461. The Labute approximate surface area is 277 Å². The van der Waals surface area contributed by atoms with Gasteiger partial charge in [0.1, 0.15) is 0 Å². The molecule has 0 spiro atoms. The molecule has 0 saturated carbocycles. The van der Waals surface area contributed by atoms with Gasteiger partial charge in [-0.25, -0.2) is 5.10 Å². The Hall–Kier alpha value is -3.99. The summed E-state index contributed by atoms with van der Waals surface area (Å²) in [6, 6.07) is 20.4. The number of aromatic nitrogens is 4. The average Bonchev–Trinajstić information content (AvgIpc) is 2.95. The quantitative estimate of drug-likeness (QED) is 0.155. The van der Waals surface area contributed by atoms with Crippen LogP contribution in [0.15, 0.2) is 77.6 Å². The molecule has 0 atom stereocenters.